The van der Waals surface area contributed by atoms with Crippen LogP contribution >= 0.6 is 33.9 Å². The van der Waals surface area contributed by atoms with Gasteiger partial charge in [0.05, 0.1) is 24.0 Å². The molecule has 3 aromatic rings. The molecule has 0 aliphatic rings. The number of rotatable bonds is 5. The lowest BCUT2D eigenvalue weighted by Gasteiger charge is -2.08. The number of benzene rings is 2. The maximum absolute atomic E-state index is 12.7. The summed E-state index contributed by atoms with van der Waals surface area (Å²) in [5.41, 5.74) is 1.24. The first kappa shape index (κ1) is 19.6. The van der Waals surface area contributed by atoms with Gasteiger partial charge >= 0.3 is 5.97 Å². The topological polar surface area (TPSA) is 69.9 Å². The van der Waals surface area contributed by atoms with Gasteiger partial charge in [-0.15, -0.1) is 0 Å². The second kappa shape index (κ2) is 8.66. The van der Waals surface area contributed by atoms with E-state index in [1.54, 1.807) is 16.7 Å². The number of hydrogen-bond donors (Lipinski definition) is 0. The Labute approximate surface area is 173 Å². The molecular weight excluding hydrogens is 479 g/mol. The van der Waals surface area contributed by atoms with Crippen molar-refractivity contribution in [2.24, 2.45) is 4.99 Å². The molecule has 0 radical (unpaired) electrons. The summed E-state index contributed by atoms with van der Waals surface area (Å²) in [4.78, 5) is 29.4. The number of nitrogens with zero attached hydrogens (tertiary/aromatic N) is 2. The number of hydrogen-bond acceptors (Lipinski definition) is 5. The van der Waals surface area contributed by atoms with E-state index < -0.39 is 5.97 Å². The fourth-order valence-corrected chi connectivity index (χ4v) is 4.24. The molecule has 1 heterocycles. The Morgan fingerprint density at radius 1 is 1.19 bits per heavy atom. The van der Waals surface area contributed by atoms with Crippen LogP contribution in [0.15, 0.2) is 47.5 Å². The molecule has 2 aromatic carbocycles. The van der Waals surface area contributed by atoms with E-state index >= 15 is 0 Å². The van der Waals surface area contributed by atoms with Gasteiger partial charge in [0.1, 0.15) is 17.8 Å². The highest BCUT2D eigenvalue weighted by Crippen LogP contribution is 2.27. The van der Waals surface area contributed by atoms with Crippen molar-refractivity contribution < 1.29 is 19.1 Å². The third-order valence-corrected chi connectivity index (χ3v) is 5.76. The first-order valence-corrected chi connectivity index (χ1v) is 10.1. The number of amides is 1. The molecule has 8 heteroatoms. The maximum Gasteiger partial charge on any atom is 0.325 e. The Hall–Kier alpha value is -2.20. The van der Waals surface area contributed by atoms with Crippen LogP contribution in [-0.4, -0.2) is 30.2 Å². The normalized spacial score (nSPS) is 11.6. The van der Waals surface area contributed by atoms with Gasteiger partial charge in [0.15, 0.2) is 4.80 Å². The average molecular weight is 496 g/mol. The van der Waals surface area contributed by atoms with Crippen LogP contribution in [0.1, 0.15) is 17.3 Å². The summed E-state index contributed by atoms with van der Waals surface area (Å²) in [6.45, 7) is 2.32. The van der Waals surface area contributed by atoms with E-state index in [9.17, 15) is 9.59 Å². The quantitative estimate of drug-likeness (QED) is 0.400. The summed E-state index contributed by atoms with van der Waals surface area (Å²) in [6.07, 6.45) is 0. The first-order chi connectivity index (χ1) is 13.0. The van der Waals surface area contributed by atoms with Crippen LogP contribution in [0.4, 0.5) is 0 Å². The van der Waals surface area contributed by atoms with Gasteiger partial charge in [-0.05, 0) is 53.8 Å². The number of carbonyl (C=O) groups is 2. The zero-order chi connectivity index (χ0) is 19.4. The Kier molecular flexibility index (Phi) is 6.27. The van der Waals surface area contributed by atoms with Crippen molar-refractivity contribution in [2.75, 3.05) is 13.7 Å². The van der Waals surface area contributed by atoms with Gasteiger partial charge in [-0.1, -0.05) is 29.5 Å². The van der Waals surface area contributed by atoms with Gasteiger partial charge in [0.25, 0.3) is 5.91 Å². The third-order valence-electron chi connectivity index (χ3n) is 3.78. The Morgan fingerprint density at radius 2 is 1.96 bits per heavy atom. The van der Waals surface area contributed by atoms with Crippen molar-refractivity contribution in [3.05, 3.63) is 56.4 Å². The highest BCUT2D eigenvalue weighted by Gasteiger charge is 2.16. The van der Waals surface area contributed by atoms with Crippen molar-refractivity contribution in [2.45, 2.75) is 13.5 Å². The predicted octanol–water partition coefficient (Wildman–Crippen LogP) is 3.62. The second-order valence-corrected chi connectivity index (χ2v) is 7.65. The van der Waals surface area contributed by atoms with Gasteiger partial charge in [-0.2, -0.15) is 4.99 Å². The van der Waals surface area contributed by atoms with Gasteiger partial charge in [0.2, 0.25) is 0 Å². The van der Waals surface area contributed by atoms with Crippen LogP contribution in [0, 0.1) is 3.57 Å². The summed E-state index contributed by atoms with van der Waals surface area (Å²) in [5.74, 6) is -0.148. The summed E-state index contributed by atoms with van der Waals surface area (Å²) < 4.78 is 13.9. The van der Waals surface area contributed by atoms with E-state index in [-0.39, 0.29) is 12.5 Å². The number of fused-ring (bicyclic) bond motifs is 1. The summed E-state index contributed by atoms with van der Waals surface area (Å²) >= 11 is 3.44. The third kappa shape index (κ3) is 4.22. The molecule has 0 N–H and O–H groups in total. The molecule has 1 amide bonds. The van der Waals surface area contributed by atoms with Gasteiger partial charge < -0.3 is 14.0 Å². The number of thiazole rings is 1. The summed E-state index contributed by atoms with van der Waals surface area (Å²) in [5, 5.41) is 0. The molecule has 140 valence electrons. The fraction of sp³-hybridized carbons (Fsp3) is 0.211. The smallest absolute Gasteiger partial charge is 0.325 e. The van der Waals surface area contributed by atoms with Crippen LogP contribution in [0.3, 0.4) is 0 Å². The molecule has 27 heavy (non-hydrogen) atoms. The molecule has 1 aromatic heterocycles. The van der Waals surface area contributed by atoms with Crippen LogP contribution in [0.2, 0.25) is 0 Å². The molecule has 3 rings (SSSR count). The summed E-state index contributed by atoms with van der Waals surface area (Å²) in [7, 11) is 1.33. The number of carbonyl (C=O) groups excluding carboxylic acids is 2. The lowest BCUT2D eigenvalue weighted by atomic mass is 10.2. The molecule has 0 unspecified atom stereocenters. The van der Waals surface area contributed by atoms with E-state index in [1.165, 1.54) is 18.4 Å². The van der Waals surface area contributed by atoms with Crippen molar-refractivity contribution in [1.82, 2.24) is 4.57 Å². The largest absolute Gasteiger partial charge is 0.492 e. The minimum absolute atomic E-state index is 0.0570. The minimum Gasteiger partial charge on any atom is -0.492 e. The van der Waals surface area contributed by atoms with Crippen LogP contribution in [-0.2, 0) is 16.1 Å². The molecule has 6 nitrogen and oxygen atoms in total. The zero-order valence-corrected chi connectivity index (χ0v) is 17.7. The van der Waals surface area contributed by atoms with E-state index in [0.717, 1.165) is 13.8 Å². The van der Waals surface area contributed by atoms with Gasteiger partial charge in [-0.25, -0.2) is 0 Å². The molecule has 0 fully saturated rings. The number of ether oxygens (including phenoxy) is 2. The zero-order valence-electron chi connectivity index (χ0n) is 14.8. The lowest BCUT2D eigenvalue weighted by molar-refractivity contribution is -0.141. The van der Waals surface area contributed by atoms with Crippen LogP contribution in [0.5, 0.6) is 5.75 Å². The van der Waals surface area contributed by atoms with Gasteiger partial charge in [-0.3, -0.25) is 9.59 Å². The number of esters is 1. The monoisotopic (exact) mass is 496 g/mol. The van der Waals surface area contributed by atoms with E-state index in [0.29, 0.717) is 22.7 Å². The van der Waals surface area contributed by atoms with Crippen LogP contribution in [0.25, 0.3) is 10.2 Å². The molecule has 0 aliphatic carbocycles. The molecule has 0 saturated heterocycles. The Bertz CT molecular complexity index is 1070. The van der Waals surface area contributed by atoms with Crippen molar-refractivity contribution in [3.63, 3.8) is 0 Å². The predicted molar refractivity (Wildman–Crippen MR) is 112 cm³/mol. The molecule has 0 saturated carbocycles. The Balaban J connectivity index is 2.21. The lowest BCUT2D eigenvalue weighted by Crippen LogP contribution is -2.22. The number of para-hydroxylation sites is 1. The van der Waals surface area contributed by atoms with E-state index in [2.05, 4.69) is 27.6 Å². The van der Waals surface area contributed by atoms with E-state index in [4.69, 9.17) is 9.47 Å². The molecule has 0 bridgehead atoms. The molecule has 0 atom stereocenters. The van der Waals surface area contributed by atoms with Gasteiger partial charge in [0, 0.05) is 3.57 Å². The first-order valence-electron chi connectivity index (χ1n) is 8.20. The minimum atomic E-state index is -0.427. The highest BCUT2D eigenvalue weighted by atomic mass is 127. The molecule has 0 aliphatic heterocycles. The number of methoxy groups -OCH3 is 1. The maximum atomic E-state index is 12.7. The SMILES string of the molecule is CCOc1cccc2sc(=NC(=O)c3ccccc3I)n(CC(=O)OC)c12. The van der Waals surface area contributed by atoms with Crippen LogP contribution < -0.4 is 9.54 Å². The Morgan fingerprint density at radius 3 is 2.67 bits per heavy atom. The average Bonchev–Trinajstić information content (AvgIpc) is 3.00. The molecule has 0 spiro atoms. The van der Waals surface area contributed by atoms with E-state index in [1.807, 2.05) is 37.3 Å². The highest BCUT2D eigenvalue weighted by molar-refractivity contribution is 14.1. The molecular formula is C19H17IN2O4S. The standard InChI is InChI=1S/C19H17IN2O4S/c1-3-26-14-9-6-10-15-17(14)22(11-16(23)25-2)19(27-15)21-18(24)12-7-4-5-8-13(12)20/h4-10H,3,11H2,1-2H3. The second-order valence-electron chi connectivity index (χ2n) is 5.48. The summed E-state index contributed by atoms with van der Waals surface area (Å²) in [6, 6.07) is 12.9. The van der Waals surface area contributed by atoms with Crippen molar-refractivity contribution >= 4 is 56.0 Å². The fourth-order valence-electron chi connectivity index (χ4n) is 2.58. The van der Waals surface area contributed by atoms with Crippen molar-refractivity contribution in [3.8, 4) is 5.75 Å². The number of halogens is 1. The van der Waals surface area contributed by atoms with Crippen molar-refractivity contribution in [1.29, 1.82) is 0 Å². The number of aromatic nitrogens is 1.